The maximum Gasteiger partial charge on any atom is 0.308 e. The number of ether oxygens (including phenoxy) is 1. The Bertz CT molecular complexity index is 1310. The van der Waals surface area contributed by atoms with E-state index in [1.165, 1.54) is 6.07 Å². The molecular weight excluding hydrogens is 439 g/mol. The maximum absolute atomic E-state index is 14.5. The number of carboxylic acid groups (broad SMARTS) is 1. The Morgan fingerprint density at radius 1 is 1.15 bits per heavy atom. The summed E-state index contributed by atoms with van der Waals surface area (Å²) in [4.78, 5) is 27.8. The van der Waals surface area contributed by atoms with Crippen molar-refractivity contribution >= 4 is 5.97 Å². The number of aromatic nitrogens is 1. The van der Waals surface area contributed by atoms with Gasteiger partial charge in [0.1, 0.15) is 11.6 Å². The average molecular weight is 464 g/mol. The van der Waals surface area contributed by atoms with E-state index in [2.05, 4.69) is 0 Å². The number of halogens is 1. The number of carboxylic acids is 1. The second-order valence-electron chi connectivity index (χ2n) is 8.81. The fourth-order valence-electron chi connectivity index (χ4n) is 5.56. The van der Waals surface area contributed by atoms with Gasteiger partial charge in [-0.15, -0.1) is 0 Å². The van der Waals surface area contributed by atoms with Crippen molar-refractivity contribution < 1.29 is 24.1 Å². The zero-order valence-electron chi connectivity index (χ0n) is 18.6. The maximum atomic E-state index is 14.5. The zero-order valence-corrected chi connectivity index (χ0v) is 18.6. The first-order valence-corrected chi connectivity index (χ1v) is 11.2. The van der Waals surface area contributed by atoms with Gasteiger partial charge in [-0.25, -0.2) is 4.39 Å². The molecule has 8 heteroatoms. The summed E-state index contributed by atoms with van der Waals surface area (Å²) < 4.78 is 21.4. The standard InChI is InChI=1S/C26H25FN2O5/c1-34-17-7-4-6-15(11-17)18-9-10-21-24-23(26(32)33)19(14-30)22(13-29(21)25(18)31)28(24)12-16-5-2-3-8-20(16)27/h2-11,19,22-24,30H,12-14H2,1H3,(H,32,33)/t19-,22-,23+,24+/m1/s1. The summed E-state index contributed by atoms with van der Waals surface area (Å²) in [6, 6.07) is 16.0. The summed E-state index contributed by atoms with van der Waals surface area (Å²) in [5.41, 5.74) is 1.97. The number of benzene rings is 2. The number of carbonyl (C=O) groups is 1. The number of methoxy groups -OCH3 is 1. The fraction of sp³-hybridized carbons (Fsp3) is 0.308. The molecule has 2 bridgehead atoms. The van der Waals surface area contributed by atoms with Crippen LogP contribution in [0.5, 0.6) is 5.75 Å². The predicted molar refractivity (Wildman–Crippen MR) is 123 cm³/mol. The van der Waals surface area contributed by atoms with Crippen LogP contribution >= 0.6 is 0 Å². The number of hydrogen-bond acceptors (Lipinski definition) is 5. The normalized spacial score (nSPS) is 23.5. The summed E-state index contributed by atoms with van der Waals surface area (Å²) in [5, 5.41) is 20.2. The van der Waals surface area contributed by atoms with Crippen LogP contribution in [-0.4, -0.2) is 45.4 Å². The molecule has 0 amide bonds. The molecule has 4 atom stereocenters. The lowest BCUT2D eigenvalue weighted by Crippen LogP contribution is -2.46. The molecule has 2 aliphatic heterocycles. The van der Waals surface area contributed by atoms with Crippen LogP contribution in [0.4, 0.5) is 4.39 Å². The van der Waals surface area contributed by atoms with Crippen molar-refractivity contribution in [3.05, 3.63) is 88.1 Å². The number of aliphatic hydroxyl groups excluding tert-OH is 1. The van der Waals surface area contributed by atoms with E-state index in [1.54, 1.807) is 60.2 Å². The van der Waals surface area contributed by atoms with Crippen molar-refractivity contribution in [3.63, 3.8) is 0 Å². The van der Waals surface area contributed by atoms with Crippen molar-refractivity contribution in [2.75, 3.05) is 13.7 Å². The summed E-state index contributed by atoms with van der Waals surface area (Å²) in [6.45, 7) is 0.0669. The van der Waals surface area contributed by atoms with Gasteiger partial charge in [0.15, 0.2) is 0 Å². The number of aliphatic carboxylic acids is 1. The number of hydrogen-bond donors (Lipinski definition) is 2. The van der Waals surface area contributed by atoms with Crippen molar-refractivity contribution in [2.24, 2.45) is 11.8 Å². The van der Waals surface area contributed by atoms with E-state index in [4.69, 9.17) is 4.74 Å². The molecule has 5 rings (SSSR count). The minimum atomic E-state index is -1.04. The summed E-state index contributed by atoms with van der Waals surface area (Å²) in [6.07, 6.45) is 0. The van der Waals surface area contributed by atoms with Gasteiger partial charge in [0, 0.05) is 48.5 Å². The van der Waals surface area contributed by atoms with E-state index in [0.717, 1.165) is 0 Å². The van der Waals surface area contributed by atoms with E-state index < -0.39 is 29.9 Å². The predicted octanol–water partition coefficient (Wildman–Crippen LogP) is 2.91. The minimum absolute atomic E-state index is 0.189. The van der Waals surface area contributed by atoms with Crippen molar-refractivity contribution in [3.8, 4) is 16.9 Å². The van der Waals surface area contributed by atoms with E-state index in [1.807, 2.05) is 11.0 Å². The Labute approximate surface area is 195 Å². The zero-order chi connectivity index (χ0) is 24.0. The SMILES string of the molecule is COc1cccc(-c2ccc3n(c2=O)C[C@@H]2[C@@H](CO)[C@H](C(=O)O)[C@H]3N2Cc2ccccc2F)c1. The van der Waals surface area contributed by atoms with Gasteiger partial charge in [-0.05, 0) is 35.9 Å². The van der Waals surface area contributed by atoms with Gasteiger partial charge in [-0.2, -0.15) is 0 Å². The lowest BCUT2D eigenvalue weighted by Gasteiger charge is -2.38. The van der Waals surface area contributed by atoms with Crippen LogP contribution in [-0.2, 0) is 17.9 Å². The van der Waals surface area contributed by atoms with Gasteiger partial charge in [0.05, 0.1) is 19.1 Å². The number of pyridine rings is 1. The molecule has 3 aromatic rings. The number of nitrogens with zero attached hydrogens (tertiary/aromatic N) is 2. The Balaban J connectivity index is 1.63. The van der Waals surface area contributed by atoms with Gasteiger partial charge in [-0.3, -0.25) is 14.5 Å². The molecule has 0 saturated carbocycles. The Hall–Kier alpha value is -3.49. The second kappa shape index (κ2) is 8.70. The topological polar surface area (TPSA) is 92.0 Å². The monoisotopic (exact) mass is 464 g/mol. The first-order valence-electron chi connectivity index (χ1n) is 11.2. The third-order valence-electron chi connectivity index (χ3n) is 7.15. The summed E-state index contributed by atoms with van der Waals surface area (Å²) in [7, 11) is 1.56. The molecule has 176 valence electrons. The molecular formula is C26H25FN2O5. The van der Waals surface area contributed by atoms with Gasteiger partial charge < -0.3 is 19.5 Å². The molecule has 0 radical (unpaired) electrons. The highest BCUT2D eigenvalue weighted by Gasteiger charge is 2.56. The third-order valence-corrected chi connectivity index (χ3v) is 7.15. The van der Waals surface area contributed by atoms with Gasteiger partial charge >= 0.3 is 5.97 Å². The Kier molecular flexibility index (Phi) is 5.71. The van der Waals surface area contributed by atoms with E-state index in [9.17, 15) is 24.2 Å². The van der Waals surface area contributed by atoms with E-state index >= 15 is 0 Å². The minimum Gasteiger partial charge on any atom is -0.497 e. The van der Waals surface area contributed by atoms with Gasteiger partial charge in [0.2, 0.25) is 0 Å². The summed E-state index contributed by atoms with van der Waals surface area (Å²) >= 11 is 0. The van der Waals surface area contributed by atoms with Crippen molar-refractivity contribution in [1.29, 1.82) is 0 Å². The molecule has 1 fully saturated rings. The molecule has 2 aromatic carbocycles. The van der Waals surface area contributed by atoms with Crippen LogP contribution in [0, 0.1) is 17.7 Å². The first kappa shape index (κ1) is 22.3. The van der Waals surface area contributed by atoms with E-state index in [0.29, 0.717) is 28.1 Å². The average Bonchev–Trinajstić information content (AvgIpc) is 3.05. The Morgan fingerprint density at radius 3 is 2.65 bits per heavy atom. The van der Waals surface area contributed by atoms with Crippen LogP contribution in [0.3, 0.4) is 0 Å². The number of aliphatic hydroxyl groups is 1. The molecule has 34 heavy (non-hydrogen) atoms. The third kappa shape index (κ3) is 3.50. The molecule has 3 heterocycles. The highest BCUT2D eigenvalue weighted by atomic mass is 19.1. The second-order valence-corrected chi connectivity index (χ2v) is 8.81. The first-order chi connectivity index (χ1) is 16.4. The van der Waals surface area contributed by atoms with Crippen molar-refractivity contribution in [2.45, 2.75) is 25.2 Å². The lowest BCUT2D eigenvalue weighted by atomic mass is 9.87. The molecule has 2 aliphatic rings. The number of rotatable bonds is 6. The molecule has 0 unspecified atom stereocenters. The smallest absolute Gasteiger partial charge is 0.308 e. The van der Waals surface area contributed by atoms with E-state index in [-0.39, 0.29) is 31.1 Å². The van der Waals surface area contributed by atoms with Gasteiger partial charge in [0.25, 0.3) is 5.56 Å². The number of fused-ring (bicyclic) bond motifs is 4. The van der Waals surface area contributed by atoms with Gasteiger partial charge in [-0.1, -0.05) is 30.3 Å². The van der Waals surface area contributed by atoms with Crippen LogP contribution in [0.25, 0.3) is 11.1 Å². The van der Waals surface area contributed by atoms with Crippen LogP contribution in [0.1, 0.15) is 17.3 Å². The molecule has 1 aromatic heterocycles. The van der Waals surface area contributed by atoms with Crippen LogP contribution in [0.2, 0.25) is 0 Å². The quantitative estimate of drug-likeness (QED) is 0.583. The fourth-order valence-corrected chi connectivity index (χ4v) is 5.56. The van der Waals surface area contributed by atoms with Crippen molar-refractivity contribution in [1.82, 2.24) is 9.47 Å². The highest BCUT2D eigenvalue weighted by molar-refractivity contribution is 5.73. The highest BCUT2D eigenvalue weighted by Crippen LogP contribution is 2.49. The lowest BCUT2D eigenvalue weighted by molar-refractivity contribution is -0.144. The molecule has 1 saturated heterocycles. The Morgan fingerprint density at radius 2 is 1.94 bits per heavy atom. The molecule has 0 spiro atoms. The summed E-state index contributed by atoms with van der Waals surface area (Å²) in [5.74, 6) is -2.29. The largest absolute Gasteiger partial charge is 0.497 e. The molecule has 2 N–H and O–H groups in total. The van der Waals surface area contributed by atoms with Crippen LogP contribution in [0.15, 0.2) is 65.5 Å². The molecule has 0 aliphatic carbocycles. The van der Waals surface area contributed by atoms with Crippen LogP contribution < -0.4 is 10.3 Å². The molecule has 7 nitrogen and oxygen atoms in total.